The molecule has 2 unspecified atom stereocenters. The summed E-state index contributed by atoms with van der Waals surface area (Å²) in [6, 6.07) is 4.36. The van der Waals surface area contributed by atoms with E-state index in [1.165, 1.54) is 15.4 Å². The van der Waals surface area contributed by atoms with Crippen LogP contribution in [0.2, 0.25) is 0 Å². The van der Waals surface area contributed by atoms with Crippen molar-refractivity contribution in [1.29, 1.82) is 0 Å². The number of benzene rings is 1. The van der Waals surface area contributed by atoms with Crippen molar-refractivity contribution in [3.8, 4) is 0 Å². The van der Waals surface area contributed by atoms with Crippen LogP contribution in [0.25, 0.3) is 11.0 Å². The summed E-state index contributed by atoms with van der Waals surface area (Å²) in [5, 5.41) is 14.0. The van der Waals surface area contributed by atoms with Crippen molar-refractivity contribution in [2.75, 3.05) is 13.6 Å². The first-order chi connectivity index (χ1) is 16.1. The van der Waals surface area contributed by atoms with Crippen LogP contribution < -0.4 is 0 Å². The minimum atomic E-state index is -1.03. The smallest absolute Gasteiger partial charge is 0.327 e. The number of carbonyl (C=O) groups excluding carboxylic acids is 2. The van der Waals surface area contributed by atoms with Crippen LogP contribution >= 0.6 is 0 Å². The van der Waals surface area contributed by atoms with E-state index in [1.54, 1.807) is 27.0 Å². The highest BCUT2D eigenvalue weighted by molar-refractivity contribution is 6.06. The van der Waals surface area contributed by atoms with Crippen LogP contribution in [-0.2, 0) is 22.4 Å². The molecule has 9 heteroatoms. The van der Waals surface area contributed by atoms with E-state index in [1.807, 2.05) is 12.1 Å². The maximum atomic E-state index is 12.5. The second kappa shape index (κ2) is 9.19. The summed E-state index contributed by atoms with van der Waals surface area (Å²) in [5.74, 6) is -1.16. The molecule has 3 amide bonds. The Kier molecular flexibility index (Phi) is 6.47. The van der Waals surface area contributed by atoms with Crippen LogP contribution in [0.1, 0.15) is 68.9 Å². The Labute approximate surface area is 198 Å². The number of aliphatic carboxylic acids is 1. The fourth-order valence-electron chi connectivity index (χ4n) is 5.01. The number of imide groups is 1. The Morgan fingerprint density at radius 1 is 1.24 bits per heavy atom. The molecule has 1 N–H and O–H groups in total. The van der Waals surface area contributed by atoms with Crippen LogP contribution in [0.5, 0.6) is 0 Å². The third-order valence-electron chi connectivity index (χ3n) is 7.41. The number of nitrogens with zero attached hydrogens (tertiary/aromatic N) is 3. The molecule has 9 nitrogen and oxygen atoms in total. The average Bonchev–Trinajstić information content (AvgIpc) is 3.25. The maximum Gasteiger partial charge on any atom is 0.327 e. The lowest BCUT2D eigenvalue weighted by atomic mass is 9.90. The summed E-state index contributed by atoms with van der Waals surface area (Å²) >= 11 is 0. The van der Waals surface area contributed by atoms with Gasteiger partial charge in [0.1, 0.15) is 22.9 Å². The maximum absolute atomic E-state index is 12.5. The normalized spacial score (nSPS) is 19.4. The highest BCUT2D eigenvalue weighted by atomic mass is 16.4. The Balaban J connectivity index is 1.43. The predicted molar refractivity (Wildman–Crippen MR) is 125 cm³/mol. The molecular formula is C25H31N3O6. The van der Waals surface area contributed by atoms with Crippen LogP contribution in [0, 0.1) is 10.8 Å². The zero-order valence-corrected chi connectivity index (χ0v) is 19.9. The van der Waals surface area contributed by atoms with Crippen LogP contribution in [0.3, 0.4) is 0 Å². The third kappa shape index (κ3) is 4.19. The van der Waals surface area contributed by atoms with E-state index in [9.17, 15) is 24.4 Å². The quantitative estimate of drug-likeness (QED) is 0.421. The SMILES string of the molecule is CN1C(=O)N(CCCC(CC(N=O)c2ccc3c4c(oc3c2)CCCC4)C(=O)O)C(=O)C1(C)C. The van der Waals surface area contributed by atoms with Crippen molar-refractivity contribution in [2.45, 2.75) is 70.4 Å². The monoisotopic (exact) mass is 469 g/mol. The Hall–Kier alpha value is -3.23. The molecule has 2 aromatic rings. The van der Waals surface area contributed by atoms with E-state index in [-0.39, 0.29) is 31.3 Å². The fourth-order valence-corrected chi connectivity index (χ4v) is 5.01. The van der Waals surface area contributed by atoms with E-state index in [0.717, 1.165) is 36.8 Å². The summed E-state index contributed by atoms with van der Waals surface area (Å²) in [7, 11) is 1.58. The first-order valence-corrected chi connectivity index (χ1v) is 11.8. The third-order valence-corrected chi connectivity index (χ3v) is 7.41. The fraction of sp³-hybridized carbons (Fsp3) is 0.560. The van der Waals surface area contributed by atoms with Crippen molar-refractivity contribution in [3.63, 3.8) is 0 Å². The van der Waals surface area contributed by atoms with Gasteiger partial charge in [-0.1, -0.05) is 17.3 Å². The highest BCUT2D eigenvalue weighted by Crippen LogP contribution is 2.35. The summed E-state index contributed by atoms with van der Waals surface area (Å²) in [5.41, 5.74) is 1.65. The van der Waals surface area contributed by atoms with Crippen molar-refractivity contribution in [1.82, 2.24) is 9.80 Å². The van der Waals surface area contributed by atoms with Gasteiger partial charge in [0.2, 0.25) is 0 Å². The van der Waals surface area contributed by atoms with Gasteiger partial charge in [-0.2, -0.15) is 4.91 Å². The van der Waals surface area contributed by atoms with E-state index < -0.39 is 23.5 Å². The second-order valence-corrected chi connectivity index (χ2v) is 9.86. The Morgan fingerprint density at radius 3 is 2.62 bits per heavy atom. The van der Waals surface area contributed by atoms with Crippen molar-refractivity contribution in [2.24, 2.45) is 11.1 Å². The number of rotatable bonds is 9. The number of urea groups is 1. The van der Waals surface area contributed by atoms with Crippen LogP contribution in [0.4, 0.5) is 4.79 Å². The van der Waals surface area contributed by atoms with Crippen molar-refractivity contribution >= 4 is 28.9 Å². The van der Waals surface area contributed by atoms with Gasteiger partial charge in [0.05, 0.1) is 5.92 Å². The highest BCUT2D eigenvalue weighted by Gasteiger charge is 2.48. The average molecular weight is 470 g/mol. The lowest BCUT2D eigenvalue weighted by Crippen LogP contribution is -2.41. The summed E-state index contributed by atoms with van der Waals surface area (Å²) < 4.78 is 6.01. The molecule has 1 saturated heterocycles. The molecule has 182 valence electrons. The number of fused-ring (bicyclic) bond motifs is 3. The first-order valence-electron chi connectivity index (χ1n) is 11.8. The molecule has 0 radical (unpaired) electrons. The summed E-state index contributed by atoms with van der Waals surface area (Å²) in [6.07, 6.45) is 4.70. The van der Waals surface area contributed by atoms with E-state index in [0.29, 0.717) is 17.6 Å². The number of hydrogen-bond acceptors (Lipinski definition) is 6. The van der Waals surface area contributed by atoms with Crippen LogP contribution in [-0.4, -0.2) is 51.9 Å². The molecule has 1 aromatic heterocycles. The van der Waals surface area contributed by atoms with Gasteiger partial charge in [-0.05, 0) is 64.0 Å². The largest absolute Gasteiger partial charge is 0.481 e. The lowest BCUT2D eigenvalue weighted by Gasteiger charge is -2.22. The van der Waals surface area contributed by atoms with Gasteiger partial charge in [-0.15, -0.1) is 0 Å². The van der Waals surface area contributed by atoms with Gasteiger partial charge in [0.15, 0.2) is 0 Å². The molecule has 0 saturated carbocycles. The van der Waals surface area contributed by atoms with Crippen LogP contribution in [0.15, 0.2) is 27.8 Å². The predicted octanol–water partition coefficient (Wildman–Crippen LogP) is 4.66. The number of carboxylic acid groups (broad SMARTS) is 1. The Bertz CT molecular complexity index is 1140. The van der Waals surface area contributed by atoms with Crippen molar-refractivity contribution in [3.05, 3.63) is 40.0 Å². The van der Waals surface area contributed by atoms with Gasteiger partial charge >= 0.3 is 12.0 Å². The molecule has 0 spiro atoms. The number of furan rings is 1. The number of amides is 3. The zero-order valence-electron chi connectivity index (χ0n) is 19.9. The number of carboxylic acids is 1. The first kappa shape index (κ1) is 23.9. The number of aryl methyl sites for hydroxylation is 2. The van der Waals surface area contributed by atoms with E-state index in [4.69, 9.17) is 4.42 Å². The van der Waals surface area contributed by atoms with Gasteiger partial charge in [0.25, 0.3) is 5.91 Å². The standard InChI is InChI=1S/C25H31N3O6/c1-25(2)23(31)28(24(32)27(25)3)12-6-7-16(22(29)30)13-19(26-33)15-10-11-18-17-8-4-5-9-20(17)34-21(18)14-15/h10-11,14,16,19H,4-9,12-13H2,1-3H3,(H,29,30). The van der Waals surface area contributed by atoms with E-state index in [2.05, 4.69) is 5.18 Å². The molecule has 1 aliphatic carbocycles. The molecule has 0 bridgehead atoms. The van der Waals surface area contributed by atoms with Crippen molar-refractivity contribution < 1.29 is 23.9 Å². The molecule has 2 heterocycles. The summed E-state index contributed by atoms with van der Waals surface area (Å²) in [6.45, 7) is 3.50. The number of carbonyl (C=O) groups is 3. The summed E-state index contributed by atoms with van der Waals surface area (Å²) in [4.78, 5) is 51.1. The molecule has 2 aliphatic rings. The minimum absolute atomic E-state index is 0.0397. The molecule has 1 fully saturated rings. The molecule has 4 rings (SSSR count). The zero-order chi connectivity index (χ0) is 24.6. The number of likely N-dealkylation sites (N-methyl/N-ethyl adjacent to an activating group) is 1. The topological polar surface area (TPSA) is 120 Å². The van der Waals surface area contributed by atoms with Gasteiger partial charge < -0.3 is 14.4 Å². The van der Waals surface area contributed by atoms with E-state index >= 15 is 0 Å². The molecule has 1 aromatic carbocycles. The van der Waals surface area contributed by atoms with Gasteiger partial charge in [-0.3, -0.25) is 14.5 Å². The number of nitroso groups, excluding NO2 is 1. The van der Waals surface area contributed by atoms with Gasteiger partial charge in [0, 0.05) is 31.0 Å². The van der Waals surface area contributed by atoms with Gasteiger partial charge in [-0.25, -0.2) is 4.79 Å². The molecular weight excluding hydrogens is 438 g/mol. The Morgan fingerprint density at radius 2 is 1.97 bits per heavy atom. The lowest BCUT2D eigenvalue weighted by molar-refractivity contribution is -0.142. The second-order valence-electron chi connectivity index (χ2n) is 9.86. The number of hydrogen-bond donors (Lipinski definition) is 1. The minimum Gasteiger partial charge on any atom is -0.481 e. The molecule has 2 atom stereocenters. The molecule has 1 aliphatic heterocycles. The molecule has 34 heavy (non-hydrogen) atoms.